The van der Waals surface area contributed by atoms with Crippen LogP contribution in [-0.2, 0) is 18.9 Å². The molecule has 1 aromatic carbocycles. The van der Waals surface area contributed by atoms with Crippen molar-refractivity contribution in [2.24, 2.45) is 11.8 Å². The second kappa shape index (κ2) is 5.70. The quantitative estimate of drug-likeness (QED) is 0.796. The smallest absolute Gasteiger partial charge is 0.338 e. The number of methoxy groups -OCH3 is 1. The number of esters is 1. The molecule has 130 valence electrons. The summed E-state index contributed by atoms with van der Waals surface area (Å²) >= 11 is 0. The first-order chi connectivity index (χ1) is 11.5. The van der Waals surface area contributed by atoms with Crippen molar-refractivity contribution in [3.05, 3.63) is 29.8 Å². The fourth-order valence-corrected chi connectivity index (χ4v) is 4.14. The van der Waals surface area contributed by atoms with Gasteiger partial charge in [0.1, 0.15) is 11.9 Å². The predicted octanol–water partition coefficient (Wildman–Crippen LogP) is 1.03. The van der Waals surface area contributed by atoms with Crippen molar-refractivity contribution in [2.45, 2.75) is 37.1 Å². The van der Waals surface area contributed by atoms with Gasteiger partial charge in [-0.25, -0.2) is 4.79 Å². The standard InChI is InChI=1S/C17H20O7/c1-21-13-6-11-12(7-17(20)8-22-16(24-13)14(11)17)23-15(19)9-2-4-10(18)5-3-9/h2-5,11-14,16,18,20H,6-8H2,1H3/t11-,12+,13-,14+,16-,17+/m0/s1. The Morgan fingerprint density at radius 3 is 2.79 bits per heavy atom. The average Bonchev–Trinajstić information content (AvgIpc) is 3.05. The highest BCUT2D eigenvalue weighted by Crippen LogP contribution is 2.53. The van der Waals surface area contributed by atoms with Crippen LogP contribution in [0.2, 0.25) is 0 Å². The van der Waals surface area contributed by atoms with Crippen molar-refractivity contribution >= 4 is 5.97 Å². The molecule has 2 N–H and O–H groups in total. The van der Waals surface area contributed by atoms with Crippen LogP contribution in [0.15, 0.2) is 24.3 Å². The molecule has 2 aliphatic heterocycles. The maximum atomic E-state index is 12.4. The lowest BCUT2D eigenvalue weighted by atomic mass is 9.84. The molecule has 0 unspecified atom stereocenters. The molecule has 4 rings (SSSR count). The molecule has 2 heterocycles. The molecule has 1 saturated carbocycles. The van der Waals surface area contributed by atoms with Crippen LogP contribution < -0.4 is 0 Å². The zero-order chi connectivity index (χ0) is 16.9. The van der Waals surface area contributed by atoms with E-state index in [9.17, 15) is 15.0 Å². The first-order valence-corrected chi connectivity index (χ1v) is 8.02. The summed E-state index contributed by atoms with van der Waals surface area (Å²) in [5.74, 6) is -0.686. The summed E-state index contributed by atoms with van der Waals surface area (Å²) in [4.78, 5) is 12.4. The molecule has 0 spiro atoms. The van der Waals surface area contributed by atoms with Gasteiger partial charge in [0, 0.05) is 31.8 Å². The molecular weight excluding hydrogens is 316 g/mol. The van der Waals surface area contributed by atoms with Gasteiger partial charge in [0.2, 0.25) is 0 Å². The van der Waals surface area contributed by atoms with E-state index in [1.54, 1.807) is 7.11 Å². The lowest BCUT2D eigenvalue weighted by Crippen LogP contribution is -2.45. The lowest BCUT2D eigenvalue weighted by Gasteiger charge is -2.37. The van der Waals surface area contributed by atoms with Crippen LogP contribution in [0.4, 0.5) is 0 Å². The van der Waals surface area contributed by atoms with Crippen LogP contribution in [-0.4, -0.2) is 54.2 Å². The van der Waals surface area contributed by atoms with Crippen molar-refractivity contribution in [3.8, 4) is 5.75 Å². The number of hydrogen-bond acceptors (Lipinski definition) is 7. The van der Waals surface area contributed by atoms with Gasteiger partial charge in [0.05, 0.1) is 17.8 Å². The lowest BCUT2D eigenvalue weighted by molar-refractivity contribution is -0.274. The van der Waals surface area contributed by atoms with Gasteiger partial charge in [-0.15, -0.1) is 0 Å². The van der Waals surface area contributed by atoms with Crippen LogP contribution in [0.25, 0.3) is 0 Å². The fraction of sp³-hybridized carbons (Fsp3) is 0.588. The van der Waals surface area contributed by atoms with Gasteiger partial charge in [-0.05, 0) is 24.3 Å². The topological polar surface area (TPSA) is 94.5 Å². The number of phenols is 1. The molecule has 0 amide bonds. The zero-order valence-corrected chi connectivity index (χ0v) is 13.3. The zero-order valence-electron chi connectivity index (χ0n) is 13.3. The predicted molar refractivity (Wildman–Crippen MR) is 80.1 cm³/mol. The number of carbonyl (C=O) groups is 1. The number of hydrogen-bond donors (Lipinski definition) is 2. The van der Waals surface area contributed by atoms with E-state index in [4.69, 9.17) is 18.9 Å². The molecule has 3 fully saturated rings. The fourth-order valence-electron chi connectivity index (χ4n) is 4.14. The monoisotopic (exact) mass is 336 g/mol. The molecule has 7 heteroatoms. The molecule has 24 heavy (non-hydrogen) atoms. The Balaban J connectivity index is 1.53. The number of aliphatic hydroxyl groups is 1. The van der Waals surface area contributed by atoms with E-state index in [0.717, 1.165) is 0 Å². The highest BCUT2D eigenvalue weighted by molar-refractivity contribution is 5.89. The minimum absolute atomic E-state index is 0.0812. The molecule has 3 aliphatic rings. The van der Waals surface area contributed by atoms with E-state index >= 15 is 0 Å². The normalized spacial score (nSPS) is 40.3. The largest absolute Gasteiger partial charge is 0.508 e. The van der Waals surface area contributed by atoms with Crippen LogP contribution >= 0.6 is 0 Å². The summed E-state index contributed by atoms with van der Waals surface area (Å²) in [5, 5.41) is 20.1. The van der Waals surface area contributed by atoms with Crippen LogP contribution in [0.1, 0.15) is 23.2 Å². The second-order valence-electron chi connectivity index (χ2n) is 6.70. The second-order valence-corrected chi connectivity index (χ2v) is 6.70. The number of phenolic OH excluding ortho intramolecular Hbond substituents is 1. The maximum Gasteiger partial charge on any atom is 0.338 e. The third kappa shape index (κ3) is 2.48. The van der Waals surface area contributed by atoms with Gasteiger partial charge >= 0.3 is 5.97 Å². The Hall–Kier alpha value is -1.67. The molecule has 2 saturated heterocycles. The van der Waals surface area contributed by atoms with E-state index in [-0.39, 0.29) is 24.2 Å². The number of aromatic hydroxyl groups is 1. The van der Waals surface area contributed by atoms with Crippen LogP contribution in [0, 0.1) is 11.8 Å². The molecule has 1 aliphatic carbocycles. The first-order valence-electron chi connectivity index (χ1n) is 8.02. The maximum absolute atomic E-state index is 12.4. The van der Waals surface area contributed by atoms with Crippen molar-refractivity contribution in [1.29, 1.82) is 0 Å². The summed E-state index contributed by atoms with van der Waals surface area (Å²) in [6.45, 7) is 0.169. The van der Waals surface area contributed by atoms with Gasteiger partial charge in [0.25, 0.3) is 0 Å². The average molecular weight is 336 g/mol. The summed E-state index contributed by atoms with van der Waals surface area (Å²) in [7, 11) is 1.55. The Kier molecular flexibility index (Phi) is 3.76. The Labute approximate surface area is 139 Å². The number of benzene rings is 1. The van der Waals surface area contributed by atoms with Gasteiger partial charge in [-0.2, -0.15) is 0 Å². The molecule has 6 atom stereocenters. The van der Waals surface area contributed by atoms with Crippen LogP contribution in [0.5, 0.6) is 5.75 Å². The minimum Gasteiger partial charge on any atom is -0.508 e. The van der Waals surface area contributed by atoms with E-state index < -0.39 is 30.3 Å². The first kappa shape index (κ1) is 15.8. The van der Waals surface area contributed by atoms with Gasteiger partial charge in [-0.1, -0.05) is 0 Å². The molecule has 0 aromatic heterocycles. The highest BCUT2D eigenvalue weighted by Gasteiger charge is 2.64. The van der Waals surface area contributed by atoms with E-state index in [1.165, 1.54) is 24.3 Å². The molecule has 0 bridgehead atoms. The summed E-state index contributed by atoms with van der Waals surface area (Å²) in [6, 6.07) is 5.89. The molecule has 7 nitrogen and oxygen atoms in total. The third-order valence-electron chi connectivity index (χ3n) is 5.28. The van der Waals surface area contributed by atoms with Crippen molar-refractivity contribution in [3.63, 3.8) is 0 Å². The number of rotatable bonds is 3. The Bertz CT molecular complexity index is 630. The molecule has 0 radical (unpaired) electrons. The van der Waals surface area contributed by atoms with E-state index in [2.05, 4.69) is 0 Å². The number of ether oxygens (including phenoxy) is 4. The van der Waals surface area contributed by atoms with Crippen molar-refractivity contribution in [2.75, 3.05) is 13.7 Å². The summed E-state index contributed by atoms with van der Waals surface area (Å²) in [6.07, 6.45) is -0.531. The SMILES string of the molecule is CO[C@@H]1C[C@@H]2[C@@H]3[C@@H](OC[C@]3(O)C[C@H]2OC(=O)c2ccc(O)cc2)O1. The van der Waals surface area contributed by atoms with E-state index in [1.807, 2.05) is 0 Å². The van der Waals surface area contributed by atoms with Gasteiger partial charge in [0.15, 0.2) is 12.6 Å². The Morgan fingerprint density at radius 2 is 2.08 bits per heavy atom. The minimum atomic E-state index is -1.03. The van der Waals surface area contributed by atoms with E-state index in [0.29, 0.717) is 18.4 Å². The summed E-state index contributed by atoms with van der Waals surface area (Å²) < 4.78 is 22.2. The van der Waals surface area contributed by atoms with Crippen molar-refractivity contribution < 1.29 is 34.0 Å². The van der Waals surface area contributed by atoms with Crippen molar-refractivity contribution in [1.82, 2.24) is 0 Å². The number of carbonyl (C=O) groups excluding carboxylic acids is 1. The van der Waals surface area contributed by atoms with Crippen LogP contribution in [0.3, 0.4) is 0 Å². The van der Waals surface area contributed by atoms with Gasteiger partial charge < -0.3 is 29.2 Å². The highest BCUT2D eigenvalue weighted by atomic mass is 16.8. The molecular formula is C17H20O7. The van der Waals surface area contributed by atoms with Gasteiger partial charge in [-0.3, -0.25) is 0 Å². The molecule has 1 aromatic rings. The summed E-state index contributed by atoms with van der Waals surface area (Å²) in [5.41, 5.74) is -0.673. The Morgan fingerprint density at radius 1 is 1.33 bits per heavy atom. The third-order valence-corrected chi connectivity index (χ3v) is 5.28.